The van der Waals surface area contributed by atoms with E-state index in [2.05, 4.69) is 10.6 Å². The van der Waals surface area contributed by atoms with Gasteiger partial charge in [0.15, 0.2) is 0 Å². The van der Waals surface area contributed by atoms with Crippen LogP contribution < -0.4 is 15.4 Å². The molecule has 116 valence electrons. The molecule has 0 radical (unpaired) electrons. The lowest BCUT2D eigenvalue weighted by molar-refractivity contribution is -0.115. The van der Waals surface area contributed by atoms with Crippen LogP contribution in [0.1, 0.15) is 45.4 Å². The Morgan fingerprint density at radius 1 is 1.19 bits per heavy atom. The molecule has 0 bridgehead atoms. The van der Waals surface area contributed by atoms with Gasteiger partial charge in [-0.05, 0) is 31.9 Å². The molecule has 0 heterocycles. The topological polar surface area (TPSA) is 50.4 Å². The number of carbonyl (C=O) groups is 1. The third-order valence-electron chi connectivity index (χ3n) is 3.87. The van der Waals surface area contributed by atoms with Crippen molar-refractivity contribution < 1.29 is 9.53 Å². The molecule has 1 saturated carbocycles. The monoisotopic (exact) mass is 290 g/mol. The summed E-state index contributed by atoms with van der Waals surface area (Å²) in [4.78, 5) is 12.1. The van der Waals surface area contributed by atoms with E-state index in [1.54, 1.807) is 0 Å². The van der Waals surface area contributed by atoms with Gasteiger partial charge in [-0.15, -0.1) is 0 Å². The highest BCUT2D eigenvalue weighted by atomic mass is 16.5. The van der Waals surface area contributed by atoms with Gasteiger partial charge in [-0.25, -0.2) is 0 Å². The lowest BCUT2D eigenvalue weighted by atomic mass is 10.1. The van der Waals surface area contributed by atoms with E-state index in [9.17, 15) is 4.79 Å². The number of hydrogen-bond acceptors (Lipinski definition) is 3. The van der Waals surface area contributed by atoms with Gasteiger partial charge in [0.25, 0.3) is 0 Å². The molecule has 21 heavy (non-hydrogen) atoms. The first kappa shape index (κ1) is 15.8. The molecular formula is C17H26N2O2. The predicted octanol–water partition coefficient (Wildman–Crippen LogP) is 3.34. The fourth-order valence-electron chi connectivity index (χ4n) is 2.77. The Hall–Kier alpha value is -1.55. The van der Waals surface area contributed by atoms with Crippen molar-refractivity contribution in [2.24, 2.45) is 0 Å². The summed E-state index contributed by atoms with van der Waals surface area (Å²) in [5, 5.41) is 6.30. The zero-order valence-corrected chi connectivity index (χ0v) is 12.9. The Morgan fingerprint density at radius 3 is 2.62 bits per heavy atom. The SMILES string of the molecule is CCOc1ccccc1NC(=O)CNC1CCCCCC1. The van der Waals surface area contributed by atoms with Crippen molar-refractivity contribution in [1.29, 1.82) is 0 Å². The van der Waals surface area contributed by atoms with Gasteiger partial charge in [0.05, 0.1) is 18.8 Å². The summed E-state index contributed by atoms with van der Waals surface area (Å²) in [7, 11) is 0. The second-order valence-corrected chi connectivity index (χ2v) is 5.55. The summed E-state index contributed by atoms with van der Waals surface area (Å²) in [6, 6.07) is 8.04. The van der Waals surface area contributed by atoms with E-state index in [0.29, 0.717) is 19.2 Å². The summed E-state index contributed by atoms with van der Waals surface area (Å²) >= 11 is 0. The molecule has 1 aliphatic carbocycles. The van der Waals surface area contributed by atoms with Crippen LogP contribution in [-0.2, 0) is 4.79 Å². The maximum atomic E-state index is 12.1. The Morgan fingerprint density at radius 2 is 1.90 bits per heavy atom. The van der Waals surface area contributed by atoms with E-state index >= 15 is 0 Å². The lowest BCUT2D eigenvalue weighted by Crippen LogP contribution is -2.35. The Bertz CT molecular complexity index is 440. The minimum Gasteiger partial charge on any atom is -0.492 e. The molecule has 0 unspecified atom stereocenters. The average molecular weight is 290 g/mol. The first-order valence-electron chi connectivity index (χ1n) is 8.04. The molecule has 0 atom stereocenters. The highest BCUT2D eigenvalue weighted by Crippen LogP contribution is 2.23. The van der Waals surface area contributed by atoms with Crippen molar-refractivity contribution in [3.05, 3.63) is 24.3 Å². The number of rotatable bonds is 6. The number of carbonyl (C=O) groups excluding carboxylic acids is 1. The highest BCUT2D eigenvalue weighted by Gasteiger charge is 2.13. The third kappa shape index (κ3) is 5.38. The standard InChI is InChI=1S/C17H26N2O2/c1-2-21-16-12-8-7-11-15(16)19-17(20)13-18-14-9-5-3-4-6-10-14/h7-8,11-12,14,18H,2-6,9-10,13H2,1H3,(H,19,20). The van der Waals surface area contributed by atoms with Crippen molar-refractivity contribution >= 4 is 11.6 Å². The quantitative estimate of drug-likeness (QED) is 0.790. The molecule has 1 aliphatic rings. The molecule has 2 N–H and O–H groups in total. The fraction of sp³-hybridized carbons (Fsp3) is 0.588. The van der Waals surface area contributed by atoms with Crippen LogP contribution in [0.25, 0.3) is 0 Å². The van der Waals surface area contributed by atoms with Gasteiger partial charge in [0, 0.05) is 6.04 Å². The fourth-order valence-corrected chi connectivity index (χ4v) is 2.77. The molecule has 1 amide bonds. The van der Waals surface area contributed by atoms with Crippen LogP contribution in [0, 0.1) is 0 Å². The van der Waals surface area contributed by atoms with E-state index in [0.717, 1.165) is 11.4 Å². The minimum atomic E-state index is -0.00796. The summed E-state index contributed by atoms with van der Waals surface area (Å²) in [6.45, 7) is 2.89. The number of anilines is 1. The zero-order chi connectivity index (χ0) is 14.9. The van der Waals surface area contributed by atoms with Crippen LogP contribution in [0.3, 0.4) is 0 Å². The van der Waals surface area contributed by atoms with Crippen LogP contribution in [-0.4, -0.2) is 25.1 Å². The molecule has 1 fully saturated rings. The van der Waals surface area contributed by atoms with Crippen molar-refractivity contribution in [3.63, 3.8) is 0 Å². The minimum absolute atomic E-state index is 0.00796. The predicted molar refractivity (Wildman–Crippen MR) is 85.7 cm³/mol. The second kappa shape index (κ2) is 8.67. The van der Waals surface area contributed by atoms with Crippen molar-refractivity contribution in [3.8, 4) is 5.75 Å². The summed E-state index contributed by atoms with van der Waals surface area (Å²) in [5.41, 5.74) is 0.743. The second-order valence-electron chi connectivity index (χ2n) is 5.55. The summed E-state index contributed by atoms with van der Waals surface area (Å²) in [5.74, 6) is 0.717. The normalized spacial score (nSPS) is 16.2. The number of hydrogen-bond donors (Lipinski definition) is 2. The smallest absolute Gasteiger partial charge is 0.238 e. The lowest BCUT2D eigenvalue weighted by Gasteiger charge is -2.16. The molecule has 0 saturated heterocycles. The number of para-hydroxylation sites is 2. The molecule has 0 spiro atoms. The Kier molecular flexibility index (Phi) is 6.54. The summed E-state index contributed by atoms with van der Waals surface area (Å²) in [6.07, 6.45) is 7.56. The molecular weight excluding hydrogens is 264 g/mol. The zero-order valence-electron chi connectivity index (χ0n) is 12.9. The van der Waals surface area contributed by atoms with Crippen LogP contribution in [0.5, 0.6) is 5.75 Å². The van der Waals surface area contributed by atoms with Gasteiger partial charge in [-0.3, -0.25) is 4.79 Å². The molecule has 1 aromatic carbocycles. The van der Waals surface area contributed by atoms with E-state index in [-0.39, 0.29) is 5.91 Å². The average Bonchev–Trinajstić information content (AvgIpc) is 2.76. The van der Waals surface area contributed by atoms with Gasteiger partial charge < -0.3 is 15.4 Å². The van der Waals surface area contributed by atoms with Gasteiger partial charge >= 0.3 is 0 Å². The first-order chi connectivity index (χ1) is 10.3. The van der Waals surface area contributed by atoms with Crippen molar-refractivity contribution in [2.45, 2.75) is 51.5 Å². The van der Waals surface area contributed by atoms with E-state index < -0.39 is 0 Å². The van der Waals surface area contributed by atoms with Gasteiger partial charge in [-0.2, -0.15) is 0 Å². The number of ether oxygens (including phenoxy) is 1. The molecule has 2 rings (SSSR count). The Labute approximate surface area is 127 Å². The van der Waals surface area contributed by atoms with Crippen LogP contribution >= 0.6 is 0 Å². The highest BCUT2D eigenvalue weighted by molar-refractivity contribution is 5.93. The Balaban J connectivity index is 1.81. The number of benzene rings is 1. The largest absolute Gasteiger partial charge is 0.492 e. The first-order valence-corrected chi connectivity index (χ1v) is 8.04. The molecule has 0 aromatic heterocycles. The van der Waals surface area contributed by atoms with Gasteiger partial charge in [0.2, 0.25) is 5.91 Å². The maximum absolute atomic E-state index is 12.1. The van der Waals surface area contributed by atoms with Crippen molar-refractivity contribution in [2.75, 3.05) is 18.5 Å². The molecule has 4 nitrogen and oxygen atoms in total. The van der Waals surface area contributed by atoms with Crippen molar-refractivity contribution in [1.82, 2.24) is 5.32 Å². The molecule has 0 aliphatic heterocycles. The van der Waals surface area contributed by atoms with E-state index in [1.165, 1.54) is 38.5 Å². The summed E-state index contributed by atoms with van der Waals surface area (Å²) < 4.78 is 5.51. The molecule has 1 aromatic rings. The van der Waals surface area contributed by atoms with Gasteiger partial charge in [0.1, 0.15) is 5.75 Å². The molecule has 4 heteroatoms. The number of nitrogens with one attached hydrogen (secondary N) is 2. The van der Waals surface area contributed by atoms with Gasteiger partial charge in [-0.1, -0.05) is 37.8 Å². The van der Waals surface area contributed by atoms with E-state index in [1.807, 2.05) is 31.2 Å². The van der Waals surface area contributed by atoms with Crippen LogP contribution in [0.4, 0.5) is 5.69 Å². The maximum Gasteiger partial charge on any atom is 0.238 e. The van der Waals surface area contributed by atoms with E-state index in [4.69, 9.17) is 4.74 Å². The third-order valence-corrected chi connectivity index (χ3v) is 3.87. The number of amides is 1. The van der Waals surface area contributed by atoms with Crippen LogP contribution in [0.2, 0.25) is 0 Å². The van der Waals surface area contributed by atoms with Crippen LogP contribution in [0.15, 0.2) is 24.3 Å².